The first-order valence-corrected chi connectivity index (χ1v) is 10.4. The van der Waals surface area contributed by atoms with Crippen LogP contribution in [0.25, 0.3) is 10.2 Å². The third kappa shape index (κ3) is 3.80. The summed E-state index contributed by atoms with van der Waals surface area (Å²) in [6.07, 6.45) is 5.78. The molecule has 0 bridgehead atoms. The maximum absolute atomic E-state index is 13.0. The Morgan fingerprint density at radius 3 is 2.86 bits per heavy atom. The molecule has 1 aliphatic carbocycles. The molecule has 0 atom stereocenters. The van der Waals surface area contributed by atoms with Crippen LogP contribution in [0.4, 0.5) is 5.69 Å². The number of aromatic nitrogens is 2. The lowest BCUT2D eigenvalue weighted by Gasteiger charge is -2.11. The highest BCUT2D eigenvalue weighted by Gasteiger charge is 2.20. The molecular formula is C21H21N3O4S. The van der Waals surface area contributed by atoms with Crippen LogP contribution in [0.2, 0.25) is 0 Å². The summed E-state index contributed by atoms with van der Waals surface area (Å²) in [5.74, 6) is -0.810. The van der Waals surface area contributed by atoms with Crippen LogP contribution in [-0.2, 0) is 28.9 Å². The van der Waals surface area contributed by atoms with E-state index in [0.29, 0.717) is 11.1 Å². The number of rotatable bonds is 5. The number of aryl methyl sites for hydroxylation is 3. The molecule has 1 aliphatic rings. The number of anilines is 1. The number of nitrogens with one attached hydrogen (secondary N) is 1. The number of methoxy groups -OCH3 is 1. The van der Waals surface area contributed by atoms with Gasteiger partial charge in [-0.1, -0.05) is 12.1 Å². The van der Waals surface area contributed by atoms with E-state index >= 15 is 0 Å². The zero-order valence-electron chi connectivity index (χ0n) is 16.1. The summed E-state index contributed by atoms with van der Waals surface area (Å²) in [5, 5.41) is 3.44. The number of amides is 1. The molecule has 0 aliphatic heterocycles. The molecule has 8 heteroatoms. The van der Waals surface area contributed by atoms with E-state index < -0.39 is 5.97 Å². The van der Waals surface area contributed by atoms with Crippen molar-refractivity contribution in [2.24, 2.45) is 0 Å². The molecule has 0 saturated heterocycles. The van der Waals surface area contributed by atoms with E-state index in [0.717, 1.165) is 36.1 Å². The second-order valence-electron chi connectivity index (χ2n) is 6.97. The molecule has 1 aromatic carbocycles. The molecule has 7 nitrogen and oxygen atoms in total. The van der Waals surface area contributed by atoms with E-state index in [9.17, 15) is 14.4 Å². The van der Waals surface area contributed by atoms with E-state index in [4.69, 9.17) is 4.74 Å². The van der Waals surface area contributed by atoms with Gasteiger partial charge in [0.15, 0.2) is 0 Å². The average molecular weight is 411 g/mol. The number of para-hydroxylation sites is 1. The van der Waals surface area contributed by atoms with Crippen LogP contribution in [0.5, 0.6) is 0 Å². The Morgan fingerprint density at radius 1 is 1.24 bits per heavy atom. The summed E-state index contributed by atoms with van der Waals surface area (Å²) in [6, 6.07) is 6.65. The van der Waals surface area contributed by atoms with Crippen molar-refractivity contribution in [1.29, 1.82) is 0 Å². The smallest absolute Gasteiger partial charge is 0.339 e. The summed E-state index contributed by atoms with van der Waals surface area (Å²) < 4.78 is 6.23. The molecule has 2 heterocycles. The molecule has 150 valence electrons. The van der Waals surface area contributed by atoms with E-state index in [2.05, 4.69) is 10.3 Å². The van der Waals surface area contributed by atoms with Gasteiger partial charge in [0.25, 0.3) is 5.56 Å². The second-order valence-corrected chi connectivity index (χ2v) is 8.05. The number of carbonyl (C=O) groups is 2. The fourth-order valence-corrected chi connectivity index (χ4v) is 4.87. The van der Waals surface area contributed by atoms with E-state index in [1.165, 1.54) is 22.9 Å². The standard InChI is InChI=1S/C21H21N3O4S/c1-28-21(27)13-6-2-4-8-15(13)23-17(25)10-11-24-12-22-19-18(20(24)26)14-7-3-5-9-16(14)29-19/h2,4,6,8,12H,3,5,7,9-11H2,1H3,(H,23,25). The third-order valence-corrected chi connectivity index (χ3v) is 6.33. The normalized spacial score (nSPS) is 13.1. The maximum atomic E-state index is 13.0. The van der Waals surface area contributed by atoms with Crippen molar-refractivity contribution in [1.82, 2.24) is 9.55 Å². The average Bonchev–Trinajstić information content (AvgIpc) is 3.12. The minimum atomic E-state index is -0.519. The summed E-state index contributed by atoms with van der Waals surface area (Å²) in [6.45, 7) is 0.221. The van der Waals surface area contributed by atoms with Gasteiger partial charge in [-0.05, 0) is 43.4 Å². The van der Waals surface area contributed by atoms with E-state index in [-0.39, 0.29) is 30.0 Å². The van der Waals surface area contributed by atoms with Crippen LogP contribution >= 0.6 is 11.3 Å². The van der Waals surface area contributed by atoms with Gasteiger partial charge in [0.05, 0.1) is 30.1 Å². The summed E-state index contributed by atoms with van der Waals surface area (Å²) in [4.78, 5) is 43.7. The quantitative estimate of drug-likeness (QED) is 0.652. The third-order valence-electron chi connectivity index (χ3n) is 5.13. The highest BCUT2D eigenvalue weighted by Crippen LogP contribution is 2.33. The van der Waals surface area contributed by atoms with Gasteiger partial charge < -0.3 is 10.1 Å². The number of thiophene rings is 1. The highest BCUT2D eigenvalue weighted by atomic mass is 32.1. The molecule has 29 heavy (non-hydrogen) atoms. The minimum Gasteiger partial charge on any atom is -0.465 e. The first kappa shape index (κ1) is 19.3. The molecule has 0 radical (unpaired) electrons. The molecule has 1 N–H and O–H groups in total. The zero-order valence-corrected chi connectivity index (χ0v) is 16.9. The Bertz CT molecular complexity index is 1150. The molecular weight excluding hydrogens is 390 g/mol. The van der Waals surface area contributed by atoms with Crippen LogP contribution < -0.4 is 10.9 Å². The number of hydrogen-bond acceptors (Lipinski definition) is 6. The Labute approximate surface area is 171 Å². The summed E-state index contributed by atoms with van der Waals surface area (Å²) in [5.41, 5.74) is 1.72. The first-order valence-electron chi connectivity index (χ1n) is 9.55. The van der Waals surface area contributed by atoms with Gasteiger partial charge >= 0.3 is 5.97 Å². The summed E-state index contributed by atoms with van der Waals surface area (Å²) in [7, 11) is 1.29. The molecule has 0 fully saturated rings. The zero-order chi connectivity index (χ0) is 20.4. The van der Waals surface area contributed by atoms with Gasteiger partial charge in [-0.2, -0.15) is 0 Å². The fraction of sp³-hybridized carbons (Fsp3) is 0.333. The fourth-order valence-electron chi connectivity index (χ4n) is 3.66. The van der Waals surface area contributed by atoms with Crippen molar-refractivity contribution in [3.8, 4) is 0 Å². The second kappa shape index (κ2) is 8.16. The van der Waals surface area contributed by atoms with Gasteiger partial charge in [-0.15, -0.1) is 11.3 Å². The lowest BCUT2D eigenvalue weighted by Crippen LogP contribution is -2.24. The largest absolute Gasteiger partial charge is 0.465 e. The predicted molar refractivity (Wildman–Crippen MR) is 112 cm³/mol. The predicted octanol–water partition coefficient (Wildman–Crippen LogP) is 3.15. The minimum absolute atomic E-state index is 0.0860. The van der Waals surface area contributed by atoms with E-state index in [1.54, 1.807) is 35.6 Å². The molecule has 0 unspecified atom stereocenters. The number of fused-ring (bicyclic) bond motifs is 3. The number of ether oxygens (including phenoxy) is 1. The number of esters is 1. The van der Waals surface area contributed by atoms with Crippen LogP contribution in [-0.4, -0.2) is 28.5 Å². The van der Waals surface area contributed by atoms with Crippen molar-refractivity contribution < 1.29 is 14.3 Å². The van der Waals surface area contributed by atoms with Crippen molar-refractivity contribution in [3.63, 3.8) is 0 Å². The molecule has 2 aromatic heterocycles. The Balaban J connectivity index is 1.50. The number of hydrogen-bond donors (Lipinski definition) is 1. The van der Waals surface area contributed by atoms with Crippen molar-refractivity contribution in [2.45, 2.75) is 38.6 Å². The number of benzene rings is 1. The molecule has 0 saturated carbocycles. The number of nitrogens with zero attached hydrogens (tertiary/aromatic N) is 2. The van der Waals surface area contributed by atoms with Gasteiger partial charge in [0.1, 0.15) is 4.83 Å². The molecule has 0 spiro atoms. The van der Waals surface area contributed by atoms with E-state index in [1.807, 2.05) is 0 Å². The van der Waals surface area contributed by atoms with Crippen molar-refractivity contribution >= 4 is 39.1 Å². The molecule has 1 amide bonds. The maximum Gasteiger partial charge on any atom is 0.339 e. The monoisotopic (exact) mass is 411 g/mol. The SMILES string of the molecule is COC(=O)c1ccccc1NC(=O)CCn1cnc2sc3c(c2c1=O)CCCC3. The molecule has 4 rings (SSSR count). The lowest BCUT2D eigenvalue weighted by atomic mass is 9.97. The van der Waals surface area contributed by atoms with Crippen LogP contribution in [0.1, 0.15) is 40.1 Å². The summed E-state index contributed by atoms with van der Waals surface area (Å²) >= 11 is 1.61. The molecule has 3 aromatic rings. The van der Waals surface area contributed by atoms with Crippen LogP contribution in [0, 0.1) is 0 Å². The van der Waals surface area contributed by atoms with Gasteiger partial charge in [0.2, 0.25) is 5.91 Å². The van der Waals surface area contributed by atoms with Crippen LogP contribution in [0.15, 0.2) is 35.4 Å². The van der Waals surface area contributed by atoms with Crippen molar-refractivity contribution in [2.75, 3.05) is 12.4 Å². The lowest BCUT2D eigenvalue weighted by molar-refractivity contribution is -0.116. The Hall–Kier alpha value is -3.00. The van der Waals surface area contributed by atoms with Gasteiger partial charge in [-0.3, -0.25) is 14.2 Å². The number of carbonyl (C=O) groups excluding carboxylic acids is 2. The van der Waals surface area contributed by atoms with Gasteiger partial charge in [-0.25, -0.2) is 9.78 Å². The topological polar surface area (TPSA) is 90.3 Å². The van der Waals surface area contributed by atoms with Gasteiger partial charge in [0, 0.05) is 17.8 Å². The highest BCUT2D eigenvalue weighted by molar-refractivity contribution is 7.18. The van der Waals surface area contributed by atoms with Crippen molar-refractivity contribution in [3.05, 3.63) is 57.0 Å². The van der Waals surface area contributed by atoms with Crippen LogP contribution in [0.3, 0.4) is 0 Å². The Kier molecular flexibility index (Phi) is 5.44. The first-order chi connectivity index (χ1) is 14.1. The Morgan fingerprint density at radius 2 is 2.03 bits per heavy atom.